The van der Waals surface area contributed by atoms with Gasteiger partial charge in [0.05, 0.1) is 10.7 Å². The number of thioether (sulfide) groups is 1. The van der Waals surface area contributed by atoms with Gasteiger partial charge in [-0.3, -0.25) is 0 Å². The maximum Gasteiger partial charge on any atom is 0.0642 e. The Bertz CT molecular complexity index is 415. The summed E-state index contributed by atoms with van der Waals surface area (Å²) in [6, 6.07) is 6.50. The SMILES string of the molecule is CC(C)CNCc1ccc(N2CCCSCC2)c(Cl)c1. The van der Waals surface area contributed by atoms with E-state index in [-0.39, 0.29) is 0 Å². The van der Waals surface area contributed by atoms with Gasteiger partial charge < -0.3 is 10.2 Å². The molecule has 1 aliphatic heterocycles. The number of nitrogens with zero attached hydrogens (tertiary/aromatic N) is 1. The lowest BCUT2D eigenvalue weighted by molar-refractivity contribution is 0.552. The Morgan fingerprint density at radius 2 is 2.15 bits per heavy atom. The van der Waals surface area contributed by atoms with Gasteiger partial charge in [-0.25, -0.2) is 0 Å². The highest BCUT2D eigenvalue weighted by molar-refractivity contribution is 7.99. The highest BCUT2D eigenvalue weighted by atomic mass is 35.5. The molecule has 4 heteroatoms. The molecular formula is C16H25ClN2S. The summed E-state index contributed by atoms with van der Waals surface area (Å²) in [4.78, 5) is 2.42. The zero-order valence-corrected chi connectivity index (χ0v) is 14.1. The fourth-order valence-corrected chi connectivity index (χ4v) is 3.62. The molecule has 0 aliphatic carbocycles. The van der Waals surface area contributed by atoms with Gasteiger partial charge in [-0.2, -0.15) is 11.8 Å². The lowest BCUT2D eigenvalue weighted by Crippen LogP contribution is -2.25. The molecular weight excluding hydrogens is 288 g/mol. The fourth-order valence-electron chi connectivity index (χ4n) is 2.41. The van der Waals surface area contributed by atoms with Crippen molar-refractivity contribution in [1.82, 2.24) is 5.32 Å². The molecule has 2 rings (SSSR count). The average molecular weight is 313 g/mol. The second kappa shape index (κ2) is 8.16. The van der Waals surface area contributed by atoms with Crippen LogP contribution in [0.25, 0.3) is 0 Å². The van der Waals surface area contributed by atoms with Crippen molar-refractivity contribution in [1.29, 1.82) is 0 Å². The van der Waals surface area contributed by atoms with Crippen molar-refractivity contribution in [2.45, 2.75) is 26.8 Å². The largest absolute Gasteiger partial charge is 0.369 e. The van der Waals surface area contributed by atoms with Crippen molar-refractivity contribution >= 4 is 29.1 Å². The Labute approximate surface area is 132 Å². The van der Waals surface area contributed by atoms with Gasteiger partial charge in [0, 0.05) is 25.4 Å². The summed E-state index contributed by atoms with van der Waals surface area (Å²) in [6.07, 6.45) is 1.25. The van der Waals surface area contributed by atoms with E-state index >= 15 is 0 Å². The van der Waals surface area contributed by atoms with Crippen LogP contribution in [0.1, 0.15) is 25.8 Å². The second-order valence-electron chi connectivity index (χ2n) is 5.76. The number of hydrogen-bond donors (Lipinski definition) is 1. The smallest absolute Gasteiger partial charge is 0.0642 e. The van der Waals surface area contributed by atoms with Gasteiger partial charge in [0.2, 0.25) is 0 Å². The Kier molecular flexibility index (Phi) is 6.53. The van der Waals surface area contributed by atoms with E-state index in [1.165, 1.54) is 29.2 Å². The quantitative estimate of drug-likeness (QED) is 0.883. The van der Waals surface area contributed by atoms with Crippen LogP contribution >= 0.6 is 23.4 Å². The monoisotopic (exact) mass is 312 g/mol. The standard InChI is InChI=1S/C16H25ClN2S/c1-13(2)11-18-12-14-4-5-16(15(17)10-14)19-6-3-8-20-9-7-19/h4-5,10,13,18H,3,6-9,11-12H2,1-2H3. The van der Waals surface area contributed by atoms with Crippen LogP contribution in [0.5, 0.6) is 0 Å². The number of halogens is 1. The number of anilines is 1. The first-order valence-corrected chi connectivity index (χ1v) is 9.02. The molecule has 0 atom stereocenters. The Morgan fingerprint density at radius 3 is 2.90 bits per heavy atom. The van der Waals surface area contributed by atoms with Crippen LogP contribution in [0.3, 0.4) is 0 Å². The van der Waals surface area contributed by atoms with Gasteiger partial charge >= 0.3 is 0 Å². The van der Waals surface area contributed by atoms with Crippen molar-refractivity contribution in [3.05, 3.63) is 28.8 Å². The van der Waals surface area contributed by atoms with E-state index in [0.717, 1.165) is 31.2 Å². The third kappa shape index (κ3) is 4.87. The highest BCUT2D eigenvalue weighted by Gasteiger charge is 2.13. The summed E-state index contributed by atoms with van der Waals surface area (Å²) in [6.45, 7) is 8.62. The van der Waals surface area contributed by atoms with E-state index in [9.17, 15) is 0 Å². The summed E-state index contributed by atoms with van der Waals surface area (Å²) in [7, 11) is 0. The predicted octanol–water partition coefficient (Wildman–Crippen LogP) is 4.03. The summed E-state index contributed by atoms with van der Waals surface area (Å²) in [5.41, 5.74) is 2.46. The molecule has 112 valence electrons. The summed E-state index contributed by atoms with van der Waals surface area (Å²) >= 11 is 8.52. The highest BCUT2D eigenvalue weighted by Crippen LogP contribution is 2.28. The van der Waals surface area contributed by atoms with Crippen molar-refractivity contribution < 1.29 is 0 Å². The third-order valence-electron chi connectivity index (χ3n) is 3.46. The van der Waals surface area contributed by atoms with Crippen molar-refractivity contribution in [3.8, 4) is 0 Å². The number of hydrogen-bond acceptors (Lipinski definition) is 3. The normalized spacial score (nSPS) is 16.5. The lowest BCUT2D eigenvalue weighted by Gasteiger charge is -2.24. The molecule has 1 aliphatic rings. The van der Waals surface area contributed by atoms with E-state index < -0.39 is 0 Å². The molecule has 1 fully saturated rings. The Hall–Kier alpha value is -0.380. The second-order valence-corrected chi connectivity index (χ2v) is 7.40. The number of rotatable bonds is 5. The van der Waals surface area contributed by atoms with E-state index in [1.54, 1.807) is 0 Å². The minimum Gasteiger partial charge on any atom is -0.369 e. The molecule has 1 aromatic carbocycles. The van der Waals surface area contributed by atoms with Crippen LogP contribution in [0.2, 0.25) is 5.02 Å². The maximum atomic E-state index is 6.48. The Balaban J connectivity index is 1.97. The molecule has 0 saturated carbocycles. The molecule has 1 aromatic rings. The predicted molar refractivity (Wildman–Crippen MR) is 92.2 cm³/mol. The molecule has 20 heavy (non-hydrogen) atoms. The van der Waals surface area contributed by atoms with Gasteiger partial charge in [0.25, 0.3) is 0 Å². The third-order valence-corrected chi connectivity index (χ3v) is 4.81. The molecule has 1 saturated heterocycles. The molecule has 0 radical (unpaired) electrons. The fraction of sp³-hybridized carbons (Fsp3) is 0.625. The zero-order chi connectivity index (χ0) is 14.4. The minimum absolute atomic E-state index is 0.680. The lowest BCUT2D eigenvalue weighted by atomic mass is 10.1. The van der Waals surface area contributed by atoms with Gasteiger partial charge in [-0.15, -0.1) is 0 Å². The maximum absolute atomic E-state index is 6.48. The van der Waals surface area contributed by atoms with E-state index in [1.807, 2.05) is 11.8 Å². The van der Waals surface area contributed by atoms with E-state index in [0.29, 0.717) is 5.92 Å². The van der Waals surface area contributed by atoms with Gasteiger partial charge in [-0.1, -0.05) is 31.5 Å². The molecule has 1 heterocycles. The first-order valence-electron chi connectivity index (χ1n) is 7.48. The first-order chi connectivity index (χ1) is 9.66. The van der Waals surface area contributed by atoms with Crippen LogP contribution in [0, 0.1) is 5.92 Å². The summed E-state index contributed by atoms with van der Waals surface area (Å²) < 4.78 is 0. The van der Waals surface area contributed by atoms with E-state index in [4.69, 9.17) is 11.6 Å². The Morgan fingerprint density at radius 1 is 1.30 bits per heavy atom. The van der Waals surface area contributed by atoms with Crippen molar-refractivity contribution in [3.63, 3.8) is 0 Å². The molecule has 2 nitrogen and oxygen atoms in total. The van der Waals surface area contributed by atoms with Gasteiger partial charge in [0.1, 0.15) is 0 Å². The first kappa shape index (κ1) is 16.0. The van der Waals surface area contributed by atoms with Crippen LogP contribution in [0.15, 0.2) is 18.2 Å². The number of benzene rings is 1. The summed E-state index contributed by atoms with van der Waals surface area (Å²) in [5, 5.41) is 4.35. The van der Waals surface area contributed by atoms with Crippen LogP contribution < -0.4 is 10.2 Å². The van der Waals surface area contributed by atoms with Gasteiger partial charge in [-0.05, 0) is 42.3 Å². The zero-order valence-electron chi connectivity index (χ0n) is 12.5. The molecule has 1 N–H and O–H groups in total. The summed E-state index contributed by atoms with van der Waals surface area (Å²) in [5.74, 6) is 3.15. The average Bonchev–Trinajstić information content (AvgIpc) is 2.67. The topological polar surface area (TPSA) is 15.3 Å². The molecule has 0 bridgehead atoms. The van der Waals surface area contributed by atoms with Crippen LogP contribution in [0.4, 0.5) is 5.69 Å². The van der Waals surface area contributed by atoms with Crippen molar-refractivity contribution in [2.75, 3.05) is 36.0 Å². The minimum atomic E-state index is 0.680. The number of nitrogens with one attached hydrogen (secondary N) is 1. The van der Waals surface area contributed by atoms with Crippen molar-refractivity contribution in [2.24, 2.45) is 5.92 Å². The molecule has 0 amide bonds. The molecule has 0 aromatic heterocycles. The van der Waals surface area contributed by atoms with Gasteiger partial charge in [0.15, 0.2) is 0 Å². The molecule has 0 unspecified atom stereocenters. The van der Waals surface area contributed by atoms with E-state index in [2.05, 4.69) is 42.3 Å². The van der Waals surface area contributed by atoms with Crippen LogP contribution in [-0.4, -0.2) is 31.1 Å². The van der Waals surface area contributed by atoms with Crippen LogP contribution in [-0.2, 0) is 6.54 Å². The molecule has 0 spiro atoms.